The minimum absolute atomic E-state index is 0.113. The Hall–Kier alpha value is -0.970. The van der Waals surface area contributed by atoms with Gasteiger partial charge in [-0.1, -0.05) is 26.7 Å². The summed E-state index contributed by atoms with van der Waals surface area (Å²) in [4.78, 5) is 12.0. The molecule has 1 fully saturated rings. The first-order valence-electron chi connectivity index (χ1n) is 7.64. The lowest BCUT2D eigenvalue weighted by atomic mass is 10.0. The number of anilines is 1. The van der Waals surface area contributed by atoms with E-state index >= 15 is 0 Å². The summed E-state index contributed by atoms with van der Waals surface area (Å²) in [6.45, 7) is 4.48. The number of rotatable bonds is 3. The van der Waals surface area contributed by atoms with Crippen LogP contribution in [0.15, 0.2) is 6.20 Å². The molecule has 1 atom stereocenters. The van der Waals surface area contributed by atoms with Gasteiger partial charge < -0.3 is 5.32 Å². The molecule has 0 radical (unpaired) electrons. The van der Waals surface area contributed by atoms with Crippen LogP contribution in [0.3, 0.4) is 0 Å². The lowest BCUT2D eigenvalue weighted by Gasteiger charge is -2.17. The molecule has 20 heavy (non-hydrogen) atoms. The number of hydrogen-bond donors (Lipinski definition) is 1. The third-order valence-electron chi connectivity index (χ3n) is 4.20. The van der Waals surface area contributed by atoms with E-state index < -0.39 is 0 Å². The lowest BCUT2D eigenvalue weighted by molar-refractivity contribution is -0.113. The number of thioether (sulfide) groups is 1. The Kier molecular flexibility index (Phi) is 4.06. The van der Waals surface area contributed by atoms with Gasteiger partial charge in [-0.2, -0.15) is 5.10 Å². The van der Waals surface area contributed by atoms with E-state index in [1.807, 2.05) is 6.20 Å². The maximum absolute atomic E-state index is 12.0. The molecule has 2 aliphatic rings. The van der Waals surface area contributed by atoms with Crippen molar-refractivity contribution >= 4 is 23.5 Å². The normalized spacial score (nSPS) is 23.8. The van der Waals surface area contributed by atoms with Crippen molar-refractivity contribution < 1.29 is 4.79 Å². The highest BCUT2D eigenvalue weighted by Crippen LogP contribution is 2.42. The van der Waals surface area contributed by atoms with E-state index in [2.05, 4.69) is 28.9 Å². The van der Waals surface area contributed by atoms with Crippen molar-refractivity contribution in [1.29, 1.82) is 0 Å². The summed E-state index contributed by atoms with van der Waals surface area (Å²) in [5, 5.41) is 8.08. The van der Waals surface area contributed by atoms with Crippen LogP contribution in [0.4, 0.5) is 5.82 Å². The van der Waals surface area contributed by atoms with Gasteiger partial charge in [0.1, 0.15) is 5.82 Å². The van der Waals surface area contributed by atoms with Crippen molar-refractivity contribution in [2.75, 3.05) is 11.1 Å². The molecule has 1 unspecified atom stereocenters. The molecule has 1 aromatic heterocycles. The molecule has 0 aromatic carbocycles. The number of carbonyl (C=O) groups is 1. The quantitative estimate of drug-likeness (QED) is 0.922. The largest absolute Gasteiger partial charge is 0.310 e. The Morgan fingerprint density at radius 2 is 2.20 bits per heavy atom. The van der Waals surface area contributed by atoms with Crippen LogP contribution in [0.25, 0.3) is 0 Å². The van der Waals surface area contributed by atoms with Gasteiger partial charge >= 0.3 is 0 Å². The fourth-order valence-electron chi connectivity index (χ4n) is 3.22. The van der Waals surface area contributed by atoms with Crippen LogP contribution in [0.5, 0.6) is 0 Å². The van der Waals surface area contributed by atoms with Crippen molar-refractivity contribution in [3.05, 3.63) is 11.8 Å². The number of hydrogen-bond acceptors (Lipinski definition) is 3. The van der Waals surface area contributed by atoms with Crippen LogP contribution in [0.1, 0.15) is 62.8 Å². The lowest BCUT2D eigenvalue weighted by Crippen LogP contribution is -2.18. The number of nitrogens with zero attached hydrogens (tertiary/aromatic N) is 2. The maximum atomic E-state index is 12.0. The molecule has 4 nitrogen and oxygen atoms in total. The summed E-state index contributed by atoms with van der Waals surface area (Å²) in [6, 6.07) is 0.474. The Balaban J connectivity index is 1.93. The second-order valence-corrected chi connectivity index (χ2v) is 7.50. The maximum Gasteiger partial charge on any atom is 0.235 e. The zero-order chi connectivity index (χ0) is 14.1. The van der Waals surface area contributed by atoms with E-state index in [9.17, 15) is 4.79 Å². The summed E-state index contributed by atoms with van der Waals surface area (Å²) in [5.41, 5.74) is 1.22. The molecule has 5 heteroatoms. The van der Waals surface area contributed by atoms with E-state index in [-0.39, 0.29) is 5.91 Å². The summed E-state index contributed by atoms with van der Waals surface area (Å²) < 4.78 is 2.08. The van der Waals surface area contributed by atoms with Crippen LogP contribution >= 0.6 is 11.8 Å². The van der Waals surface area contributed by atoms with Gasteiger partial charge in [-0.05, 0) is 25.2 Å². The predicted octanol–water partition coefficient (Wildman–Crippen LogP) is 3.77. The minimum atomic E-state index is 0.113. The third kappa shape index (κ3) is 2.73. The van der Waals surface area contributed by atoms with Crippen molar-refractivity contribution in [2.24, 2.45) is 5.92 Å². The average Bonchev–Trinajstić information content (AvgIpc) is 3.00. The number of carbonyl (C=O) groups excluding carboxylic acids is 1. The molecule has 3 rings (SSSR count). The standard InChI is InChI=1S/C15H23N3OS/c1-10(2)7-13-12-8-16-18(11-5-3-4-6-11)15(12)17-14(19)9-20-13/h8,10-11,13H,3-7,9H2,1-2H3,(H,17,19). The zero-order valence-electron chi connectivity index (χ0n) is 12.3. The summed E-state index contributed by atoms with van der Waals surface area (Å²) in [6.07, 6.45) is 8.01. The summed E-state index contributed by atoms with van der Waals surface area (Å²) in [5.74, 6) is 2.26. The first-order chi connectivity index (χ1) is 9.65. The second kappa shape index (κ2) is 5.80. The van der Waals surface area contributed by atoms with E-state index in [1.165, 1.54) is 31.2 Å². The first kappa shape index (κ1) is 14.0. The molecule has 0 saturated heterocycles. The van der Waals surface area contributed by atoms with Gasteiger partial charge in [0.15, 0.2) is 0 Å². The summed E-state index contributed by atoms with van der Waals surface area (Å²) in [7, 11) is 0. The topological polar surface area (TPSA) is 46.9 Å². The van der Waals surface area contributed by atoms with Gasteiger partial charge in [-0.25, -0.2) is 4.68 Å². The zero-order valence-corrected chi connectivity index (χ0v) is 13.1. The van der Waals surface area contributed by atoms with Crippen LogP contribution in [-0.4, -0.2) is 21.4 Å². The molecule has 110 valence electrons. The van der Waals surface area contributed by atoms with Crippen molar-refractivity contribution in [2.45, 2.75) is 57.2 Å². The van der Waals surface area contributed by atoms with Gasteiger partial charge in [0.25, 0.3) is 0 Å². The van der Waals surface area contributed by atoms with E-state index in [0.29, 0.717) is 23.0 Å². The number of amides is 1. The molecule has 1 amide bonds. The number of aromatic nitrogens is 2. The monoisotopic (exact) mass is 293 g/mol. The summed E-state index contributed by atoms with van der Waals surface area (Å²) >= 11 is 1.75. The van der Waals surface area contributed by atoms with E-state index in [4.69, 9.17) is 0 Å². The SMILES string of the molecule is CC(C)CC1SCC(=O)Nc2c1cnn2C1CCCC1. The number of nitrogens with one attached hydrogen (secondary N) is 1. The van der Waals surface area contributed by atoms with Crippen molar-refractivity contribution in [3.8, 4) is 0 Å². The van der Waals surface area contributed by atoms with Gasteiger partial charge in [0, 0.05) is 10.8 Å². The fourth-order valence-corrected chi connectivity index (χ4v) is 4.52. The van der Waals surface area contributed by atoms with Crippen molar-refractivity contribution in [3.63, 3.8) is 0 Å². The molecular weight excluding hydrogens is 270 g/mol. The van der Waals surface area contributed by atoms with Gasteiger partial charge in [-0.15, -0.1) is 11.8 Å². The van der Waals surface area contributed by atoms with Crippen LogP contribution < -0.4 is 5.32 Å². The molecule has 0 bridgehead atoms. The highest BCUT2D eigenvalue weighted by molar-refractivity contribution is 8.00. The third-order valence-corrected chi connectivity index (χ3v) is 5.48. The van der Waals surface area contributed by atoms with Crippen molar-refractivity contribution in [1.82, 2.24) is 9.78 Å². The molecule has 0 spiro atoms. The Morgan fingerprint density at radius 3 is 2.90 bits per heavy atom. The Morgan fingerprint density at radius 1 is 1.45 bits per heavy atom. The molecular formula is C15H23N3OS. The molecule has 1 aliphatic carbocycles. The highest BCUT2D eigenvalue weighted by Gasteiger charge is 2.29. The van der Waals surface area contributed by atoms with Gasteiger partial charge in [0.2, 0.25) is 5.91 Å². The van der Waals surface area contributed by atoms with Crippen LogP contribution in [-0.2, 0) is 4.79 Å². The fraction of sp³-hybridized carbons (Fsp3) is 0.733. The first-order valence-corrected chi connectivity index (χ1v) is 8.69. The van der Waals surface area contributed by atoms with Gasteiger partial charge in [-0.3, -0.25) is 4.79 Å². The number of fused-ring (bicyclic) bond motifs is 1. The predicted molar refractivity (Wildman–Crippen MR) is 83.0 cm³/mol. The smallest absolute Gasteiger partial charge is 0.235 e. The van der Waals surface area contributed by atoms with E-state index in [1.54, 1.807) is 11.8 Å². The van der Waals surface area contributed by atoms with Crippen LogP contribution in [0.2, 0.25) is 0 Å². The molecule has 1 saturated carbocycles. The minimum Gasteiger partial charge on any atom is -0.310 e. The van der Waals surface area contributed by atoms with Gasteiger partial charge in [0.05, 0.1) is 18.0 Å². The highest BCUT2D eigenvalue weighted by atomic mass is 32.2. The molecule has 1 aliphatic heterocycles. The van der Waals surface area contributed by atoms with Crippen LogP contribution in [0, 0.1) is 5.92 Å². The molecule has 1 aromatic rings. The Labute approximate surface area is 124 Å². The second-order valence-electron chi connectivity index (χ2n) is 6.31. The van der Waals surface area contributed by atoms with E-state index in [0.717, 1.165) is 12.2 Å². The molecule has 2 heterocycles. The average molecular weight is 293 g/mol. The Bertz CT molecular complexity index is 491. The molecule has 1 N–H and O–H groups in total.